The van der Waals surface area contributed by atoms with E-state index in [2.05, 4.69) is 46.7 Å². The van der Waals surface area contributed by atoms with Gasteiger partial charge in [0.05, 0.1) is 0 Å². The normalized spacial score (nSPS) is 17.3. The minimum absolute atomic E-state index is 0.427. The van der Waals surface area contributed by atoms with Crippen LogP contribution in [0.4, 0.5) is 0 Å². The summed E-state index contributed by atoms with van der Waals surface area (Å²) in [5.41, 5.74) is 3.14. The Morgan fingerprint density at radius 2 is 1.85 bits per heavy atom. The molecule has 0 aromatic heterocycles. The fourth-order valence-electron chi connectivity index (χ4n) is 1.25. The molecule has 0 amide bonds. The Kier molecular flexibility index (Phi) is 5.57. The predicted octanol–water partition coefficient (Wildman–Crippen LogP) is 3.30. The minimum Gasteiger partial charge on any atom is -0.0800 e. The molecule has 0 aliphatic heterocycles. The van der Waals surface area contributed by atoms with Crippen LogP contribution in [0.1, 0.15) is 16.7 Å². The van der Waals surface area contributed by atoms with Gasteiger partial charge in [-0.3, -0.25) is 0 Å². The van der Waals surface area contributed by atoms with Crippen LogP contribution >= 0.6 is 17.0 Å². The molecule has 0 saturated heterocycles. The second kappa shape index (κ2) is 6.19. The second-order valence-electron chi connectivity index (χ2n) is 2.54. The Labute approximate surface area is 100 Å². The number of hydrogen-bond acceptors (Lipinski definition) is 0. The first-order chi connectivity index (χ1) is 6.29. The Morgan fingerprint density at radius 1 is 1.23 bits per heavy atom. The zero-order chi connectivity index (χ0) is 9.68. The molecule has 2 rings (SSSR count). The molecule has 1 atom stereocenters. The summed E-state index contributed by atoms with van der Waals surface area (Å²) in [6.45, 7) is 0. The molecule has 1 aliphatic carbocycles. The predicted molar refractivity (Wildman–Crippen MR) is 55.7 cm³/mol. The average molecular weight is 305 g/mol. The molecule has 0 heterocycles. The molecule has 1 unspecified atom stereocenters. The van der Waals surface area contributed by atoms with Crippen molar-refractivity contribution < 1.29 is 20.8 Å². The maximum atomic E-state index is 4.93. The van der Waals surface area contributed by atoms with E-state index in [1.54, 1.807) is 0 Å². The van der Waals surface area contributed by atoms with Crippen LogP contribution in [0.2, 0.25) is 0 Å². The summed E-state index contributed by atoms with van der Waals surface area (Å²) in [5, 5.41) is 0. The van der Waals surface area contributed by atoms with Crippen molar-refractivity contribution in [2.75, 3.05) is 0 Å². The first kappa shape index (κ1) is 11.7. The average Bonchev–Trinajstić information content (AvgIpc) is 2.50. The van der Waals surface area contributed by atoms with Gasteiger partial charge in [0.2, 0.25) is 0 Å². The second-order valence-corrected chi connectivity index (χ2v) is 6.89. The number of rotatable bonds is 0. The van der Waals surface area contributed by atoms with Gasteiger partial charge in [-0.15, -0.1) is 0 Å². The molecule has 0 saturated carbocycles. The number of hydrogen-bond donors (Lipinski definition) is 0. The van der Waals surface area contributed by atoms with E-state index in [0.717, 1.165) is 0 Å². The monoisotopic (exact) mass is 303 g/mol. The first-order valence-corrected chi connectivity index (χ1v) is 10.6. The van der Waals surface area contributed by atoms with E-state index in [0.29, 0.717) is 5.54 Å². The van der Waals surface area contributed by atoms with Gasteiger partial charge in [-0.1, -0.05) is 36.4 Å². The van der Waals surface area contributed by atoms with E-state index in [1.807, 2.05) is 0 Å². The zero-order valence-electron chi connectivity index (χ0n) is 6.80. The summed E-state index contributed by atoms with van der Waals surface area (Å²) in [5.74, 6) is 0. The van der Waals surface area contributed by atoms with E-state index in [-0.39, 0.29) is 0 Å². The summed E-state index contributed by atoms with van der Waals surface area (Å²) < 4.78 is 0. The number of halogens is 2. The van der Waals surface area contributed by atoms with Gasteiger partial charge in [0.25, 0.3) is 0 Å². The van der Waals surface area contributed by atoms with Crippen LogP contribution < -0.4 is 0 Å². The van der Waals surface area contributed by atoms with E-state index < -0.39 is 20.8 Å². The molecule has 1 aliphatic rings. The van der Waals surface area contributed by atoms with Gasteiger partial charge in [0.15, 0.2) is 0 Å². The molecule has 0 nitrogen and oxygen atoms in total. The summed E-state index contributed by atoms with van der Waals surface area (Å²) in [7, 11) is 13.5. The van der Waals surface area contributed by atoms with Crippen molar-refractivity contribution in [2.24, 2.45) is 0 Å². The molecule has 1 aromatic rings. The van der Waals surface area contributed by atoms with Crippen molar-refractivity contribution in [1.82, 2.24) is 0 Å². The van der Waals surface area contributed by atoms with Gasteiger partial charge in [-0.2, -0.15) is 0 Å². The van der Waals surface area contributed by atoms with Crippen LogP contribution in [0.3, 0.4) is 0 Å². The van der Waals surface area contributed by atoms with E-state index in [4.69, 9.17) is 17.0 Å². The van der Waals surface area contributed by atoms with Gasteiger partial charge < -0.3 is 0 Å². The summed E-state index contributed by atoms with van der Waals surface area (Å²) in [6.07, 6.45) is 4.30. The molecule has 0 N–H and O–H groups in total. The maximum absolute atomic E-state index is 4.93. The largest absolute Gasteiger partial charge is 0.0800 e. The maximum Gasteiger partial charge on any atom is 0.0388 e. The Hall–Kier alpha value is 0.640. The van der Waals surface area contributed by atoms with Gasteiger partial charge >= 0.3 is 37.9 Å². The summed E-state index contributed by atoms with van der Waals surface area (Å²) >= 11 is -0.826. The standard InChI is InChI=1S/C9H7Si.2ClH.Zr/c10-9-6-5-7-3-1-2-4-8(7)9;;;/h1-6,9H;2*1H;/q;;;+2/p-2. The fourth-order valence-corrected chi connectivity index (χ4v) is 1.61. The van der Waals surface area contributed by atoms with Crippen LogP contribution in [0, 0.1) is 0 Å². The van der Waals surface area contributed by atoms with Crippen LogP contribution in [-0.4, -0.2) is 10.2 Å². The zero-order valence-corrected chi connectivity index (χ0v) is 11.8. The van der Waals surface area contributed by atoms with Crippen molar-refractivity contribution >= 4 is 33.3 Å². The molecular formula is C9H7Cl2SiZr. The van der Waals surface area contributed by atoms with E-state index in [1.165, 1.54) is 11.1 Å². The quantitative estimate of drug-likeness (QED) is 0.645. The van der Waals surface area contributed by atoms with Crippen LogP contribution in [0.25, 0.3) is 6.08 Å². The Morgan fingerprint density at radius 3 is 2.46 bits per heavy atom. The molecule has 0 bridgehead atoms. The third-order valence-corrected chi connectivity index (χ3v) is 2.30. The Bertz CT molecular complexity index is 301. The van der Waals surface area contributed by atoms with E-state index in [9.17, 15) is 0 Å². The van der Waals surface area contributed by atoms with Gasteiger partial charge in [0, 0.05) is 10.2 Å². The topological polar surface area (TPSA) is 0 Å². The SMILES string of the molecule is [Cl][Zr][Cl].[Si]C1C=Cc2ccccc21. The molecule has 1 aromatic carbocycles. The van der Waals surface area contributed by atoms with E-state index >= 15 is 0 Å². The van der Waals surface area contributed by atoms with Crippen LogP contribution in [0.15, 0.2) is 30.3 Å². The molecule has 0 fully saturated rings. The van der Waals surface area contributed by atoms with Gasteiger partial charge in [-0.05, 0) is 16.7 Å². The smallest absolute Gasteiger partial charge is 0.0388 e. The van der Waals surface area contributed by atoms with Crippen molar-refractivity contribution in [2.45, 2.75) is 5.54 Å². The number of allylic oxidation sites excluding steroid dienone is 1. The molecule has 3 radical (unpaired) electrons. The minimum atomic E-state index is -0.826. The fraction of sp³-hybridized carbons (Fsp3) is 0.111. The first-order valence-electron chi connectivity index (χ1n) is 3.74. The Balaban J connectivity index is 0.000000251. The molecular weight excluding hydrogens is 298 g/mol. The summed E-state index contributed by atoms with van der Waals surface area (Å²) in [4.78, 5) is 0. The molecule has 13 heavy (non-hydrogen) atoms. The van der Waals surface area contributed by atoms with Gasteiger partial charge in [-0.25, -0.2) is 0 Å². The number of benzene rings is 1. The third-order valence-electron chi connectivity index (χ3n) is 1.80. The summed E-state index contributed by atoms with van der Waals surface area (Å²) in [6, 6.07) is 8.41. The van der Waals surface area contributed by atoms with Crippen molar-refractivity contribution in [1.29, 1.82) is 0 Å². The molecule has 0 spiro atoms. The molecule has 4 heteroatoms. The van der Waals surface area contributed by atoms with Crippen LogP contribution in [-0.2, 0) is 20.8 Å². The van der Waals surface area contributed by atoms with Gasteiger partial charge in [0.1, 0.15) is 0 Å². The van der Waals surface area contributed by atoms with Crippen molar-refractivity contribution in [3.8, 4) is 0 Å². The number of fused-ring (bicyclic) bond motifs is 1. The molecule has 65 valence electrons. The van der Waals surface area contributed by atoms with Crippen molar-refractivity contribution in [3.63, 3.8) is 0 Å². The third kappa shape index (κ3) is 3.36. The van der Waals surface area contributed by atoms with Crippen LogP contribution in [0.5, 0.6) is 0 Å². The van der Waals surface area contributed by atoms with Crippen molar-refractivity contribution in [3.05, 3.63) is 41.5 Å².